The number of aryl methyl sites for hydroxylation is 1. The second-order valence-corrected chi connectivity index (χ2v) is 9.79. The van der Waals surface area contributed by atoms with Crippen LogP contribution in [0, 0.1) is 0 Å². The van der Waals surface area contributed by atoms with Gasteiger partial charge in [-0.25, -0.2) is 0 Å². The Morgan fingerprint density at radius 1 is 0.828 bits per heavy atom. The fourth-order valence-corrected chi connectivity index (χ4v) is 4.45. The molecule has 0 radical (unpaired) electrons. The van der Waals surface area contributed by atoms with Crippen LogP contribution in [0.2, 0.25) is 0 Å². The van der Waals surface area contributed by atoms with Gasteiger partial charge in [-0.05, 0) is 54.0 Å². The van der Waals surface area contributed by atoms with E-state index in [1.165, 1.54) is 60.4 Å². The molecule has 2 aromatic carbocycles. The van der Waals surface area contributed by atoms with E-state index in [1.807, 2.05) is 0 Å². The lowest BCUT2D eigenvalue weighted by Crippen LogP contribution is -1.92. The van der Waals surface area contributed by atoms with Gasteiger partial charge in [0.05, 0.1) is 0 Å². The van der Waals surface area contributed by atoms with Crippen molar-refractivity contribution in [2.75, 3.05) is 6.16 Å². The summed E-state index contributed by atoms with van der Waals surface area (Å²) in [5.74, 6) is 0. The molecule has 0 fully saturated rings. The van der Waals surface area contributed by atoms with Gasteiger partial charge in [0.15, 0.2) is 0 Å². The Hall–Kier alpha value is -1.41. The van der Waals surface area contributed by atoms with Crippen molar-refractivity contribution in [3.8, 4) is 0 Å². The molecular formula is C25H37O3P. The average Bonchev–Trinajstić information content (AvgIpc) is 2.70. The highest BCUT2D eigenvalue weighted by Crippen LogP contribution is 2.35. The van der Waals surface area contributed by atoms with Crippen LogP contribution in [0.1, 0.15) is 82.3 Å². The molecule has 0 spiro atoms. The second-order valence-electron chi connectivity index (χ2n) is 8.02. The minimum absolute atomic E-state index is 0.00388. The van der Waals surface area contributed by atoms with Crippen molar-refractivity contribution in [3.63, 3.8) is 0 Å². The van der Waals surface area contributed by atoms with E-state index in [-0.39, 0.29) is 6.16 Å². The highest BCUT2D eigenvalue weighted by molar-refractivity contribution is 7.51. The lowest BCUT2D eigenvalue weighted by Gasteiger charge is -2.10. The minimum Gasteiger partial charge on any atom is -0.324 e. The zero-order valence-electron chi connectivity index (χ0n) is 17.9. The number of allylic oxidation sites excluding steroid dienone is 1. The van der Waals surface area contributed by atoms with E-state index in [0.29, 0.717) is 6.42 Å². The second kappa shape index (κ2) is 13.0. The molecule has 0 aromatic heterocycles. The molecule has 0 amide bonds. The largest absolute Gasteiger partial charge is 0.325 e. The lowest BCUT2D eigenvalue weighted by atomic mass is 9.96. The third-order valence-corrected chi connectivity index (χ3v) is 6.36. The number of hydrogen-bond donors (Lipinski definition) is 2. The first-order valence-corrected chi connectivity index (χ1v) is 13.0. The van der Waals surface area contributed by atoms with Crippen molar-refractivity contribution in [1.29, 1.82) is 0 Å². The van der Waals surface area contributed by atoms with Crippen molar-refractivity contribution >= 4 is 24.4 Å². The van der Waals surface area contributed by atoms with Crippen LogP contribution < -0.4 is 0 Å². The van der Waals surface area contributed by atoms with E-state index in [4.69, 9.17) is 9.79 Å². The summed E-state index contributed by atoms with van der Waals surface area (Å²) < 4.78 is 11.0. The minimum atomic E-state index is -3.85. The zero-order chi connectivity index (χ0) is 21.0. The van der Waals surface area contributed by atoms with Crippen LogP contribution in [0.25, 0.3) is 16.8 Å². The number of unbranched alkanes of at least 4 members (excludes halogenated alkanes) is 8. The summed E-state index contributed by atoms with van der Waals surface area (Å²) in [6.45, 7) is 2.25. The van der Waals surface area contributed by atoms with Gasteiger partial charge >= 0.3 is 7.60 Å². The smallest absolute Gasteiger partial charge is 0.324 e. The summed E-state index contributed by atoms with van der Waals surface area (Å²) in [7, 11) is -3.85. The summed E-state index contributed by atoms with van der Waals surface area (Å²) in [5.41, 5.74) is 2.60. The van der Waals surface area contributed by atoms with Crippen molar-refractivity contribution in [1.82, 2.24) is 0 Å². The van der Waals surface area contributed by atoms with Crippen LogP contribution in [0.15, 0.2) is 42.5 Å². The maximum absolute atomic E-state index is 11.0. The van der Waals surface area contributed by atoms with Crippen molar-refractivity contribution in [2.24, 2.45) is 0 Å². The summed E-state index contributed by atoms with van der Waals surface area (Å²) in [6, 6.07) is 13.0. The van der Waals surface area contributed by atoms with Gasteiger partial charge in [-0.15, -0.1) is 0 Å². The molecule has 160 valence electrons. The average molecular weight is 417 g/mol. The van der Waals surface area contributed by atoms with Crippen LogP contribution in [0.3, 0.4) is 0 Å². The van der Waals surface area contributed by atoms with E-state index in [0.717, 1.165) is 25.7 Å². The van der Waals surface area contributed by atoms with Crippen LogP contribution in [0.4, 0.5) is 0 Å². The topological polar surface area (TPSA) is 57.5 Å². The van der Waals surface area contributed by atoms with Gasteiger partial charge in [0.2, 0.25) is 0 Å². The zero-order valence-corrected chi connectivity index (χ0v) is 18.7. The first-order chi connectivity index (χ1) is 14.0. The lowest BCUT2D eigenvalue weighted by molar-refractivity contribution is 0.371. The van der Waals surface area contributed by atoms with Gasteiger partial charge in [0.25, 0.3) is 0 Å². The standard InChI is InChI=1S/C25H37O3P/c1-2-3-4-5-6-7-8-10-15-22-19-20-23(25-18-13-12-17-24(22)25)16-11-9-14-21-29(26,27)28/h10,12-13,15,17-20H,2-9,11,14,16,21H2,1H3,(H2,26,27,28)/b15-10+. The van der Waals surface area contributed by atoms with Crippen molar-refractivity contribution < 1.29 is 14.4 Å². The predicted molar refractivity (Wildman–Crippen MR) is 125 cm³/mol. The number of benzene rings is 2. The van der Waals surface area contributed by atoms with Crippen LogP contribution in [-0.4, -0.2) is 15.9 Å². The molecule has 2 N–H and O–H groups in total. The van der Waals surface area contributed by atoms with Gasteiger partial charge in [-0.2, -0.15) is 0 Å². The Balaban J connectivity index is 1.89. The Morgan fingerprint density at radius 2 is 1.52 bits per heavy atom. The van der Waals surface area contributed by atoms with Gasteiger partial charge in [0, 0.05) is 6.16 Å². The molecule has 0 aliphatic heterocycles. The molecule has 2 rings (SSSR count). The molecule has 3 nitrogen and oxygen atoms in total. The maximum atomic E-state index is 11.0. The Morgan fingerprint density at radius 3 is 2.28 bits per heavy atom. The normalized spacial score (nSPS) is 12.2. The fraction of sp³-hybridized carbons (Fsp3) is 0.520. The fourth-order valence-electron chi connectivity index (χ4n) is 3.81. The van der Waals surface area contributed by atoms with E-state index >= 15 is 0 Å². The third-order valence-electron chi connectivity index (χ3n) is 5.47. The molecule has 29 heavy (non-hydrogen) atoms. The third kappa shape index (κ3) is 9.30. The van der Waals surface area contributed by atoms with Gasteiger partial charge in [0.1, 0.15) is 0 Å². The number of hydrogen-bond acceptors (Lipinski definition) is 1. The van der Waals surface area contributed by atoms with E-state index in [2.05, 4.69) is 55.5 Å². The predicted octanol–water partition coefficient (Wildman–Crippen LogP) is 7.49. The molecule has 0 saturated heterocycles. The van der Waals surface area contributed by atoms with E-state index < -0.39 is 7.60 Å². The van der Waals surface area contributed by atoms with Gasteiger partial charge in [-0.3, -0.25) is 4.57 Å². The molecule has 0 bridgehead atoms. The molecule has 0 unspecified atom stereocenters. The summed E-state index contributed by atoms with van der Waals surface area (Å²) in [5, 5.41) is 2.59. The summed E-state index contributed by atoms with van der Waals surface area (Å²) in [4.78, 5) is 17.9. The SMILES string of the molecule is CCCCCCCC/C=C/c1ccc(CCCCCP(=O)(O)O)c2ccccc12. The van der Waals surface area contributed by atoms with Crippen LogP contribution in [-0.2, 0) is 11.0 Å². The number of fused-ring (bicyclic) bond motifs is 1. The molecule has 0 aliphatic rings. The maximum Gasteiger partial charge on any atom is 0.325 e. The molecule has 2 aromatic rings. The van der Waals surface area contributed by atoms with Crippen molar-refractivity contribution in [3.05, 3.63) is 53.6 Å². The monoisotopic (exact) mass is 416 g/mol. The molecule has 0 saturated carbocycles. The Kier molecular flexibility index (Phi) is 10.7. The summed E-state index contributed by atoms with van der Waals surface area (Å²) >= 11 is 0. The first-order valence-electron chi connectivity index (χ1n) is 11.2. The van der Waals surface area contributed by atoms with E-state index in [9.17, 15) is 4.57 Å². The Labute approximate surface area is 176 Å². The molecule has 0 aliphatic carbocycles. The van der Waals surface area contributed by atoms with Crippen molar-refractivity contribution in [2.45, 2.75) is 77.6 Å². The Bertz CT molecular complexity index is 807. The highest BCUT2D eigenvalue weighted by atomic mass is 31.2. The molecular weight excluding hydrogens is 379 g/mol. The van der Waals surface area contributed by atoms with E-state index in [1.54, 1.807) is 0 Å². The quantitative estimate of drug-likeness (QED) is 0.248. The number of rotatable bonds is 14. The van der Waals surface area contributed by atoms with Crippen LogP contribution in [0.5, 0.6) is 0 Å². The van der Waals surface area contributed by atoms with Crippen LogP contribution >= 0.6 is 7.60 Å². The van der Waals surface area contributed by atoms with Gasteiger partial charge in [-0.1, -0.05) is 94.0 Å². The summed E-state index contributed by atoms with van der Waals surface area (Å²) in [6.07, 6.45) is 17.0. The highest BCUT2D eigenvalue weighted by Gasteiger charge is 2.11. The first kappa shape index (κ1) is 23.9. The molecule has 4 heteroatoms. The molecule has 0 atom stereocenters. The molecule has 0 heterocycles. The van der Waals surface area contributed by atoms with Gasteiger partial charge < -0.3 is 9.79 Å².